The van der Waals surface area contributed by atoms with Crippen LogP contribution >= 0.6 is 11.6 Å². The Hall–Kier alpha value is -3.39. The van der Waals surface area contributed by atoms with Gasteiger partial charge in [0.1, 0.15) is 12.1 Å². The summed E-state index contributed by atoms with van der Waals surface area (Å²) in [4.78, 5) is 50.9. The van der Waals surface area contributed by atoms with E-state index < -0.39 is 35.9 Å². The van der Waals surface area contributed by atoms with Crippen LogP contribution in [0.25, 0.3) is 0 Å². The number of methoxy groups -OCH3 is 1. The molecule has 1 atom stereocenters. The number of rotatable bonds is 6. The van der Waals surface area contributed by atoms with E-state index >= 15 is 0 Å². The van der Waals surface area contributed by atoms with Crippen LogP contribution in [0, 0.1) is 0 Å². The zero-order chi connectivity index (χ0) is 21.9. The second-order valence-electron chi connectivity index (χ2n) is 6.67. The van der Waals surface area contributed by atoms with Gasteiger partial charge in [-0.15, -0.1) is 0 Å². The van der Waals surface area contributed by atoms with E-state index in [9.17, 15) is 19.2 Å². The van der Waals surface area contributed by atoms with Gasteiger partial charge in [0.15, 0.2) is 0 Å². The molecule has 1 saturated heterocycles. The molecule has 9 heteroatoms. The Bertz CT molecular complexity index is 1010. The highest BCUT2D eigenvalue weighted by molar-refractivity contribution is 6.30. The molecule has 2 aromatic rings. The second kappa shape index (κ2) is 8.54. The van der Waals surface area contributed by atoms with Crippen molar-refractivity contribution < 1.29 is 23.9 Å². The van der Waals surface area contributed by atoms with E-state index in [1.807, 2.05) is 0 Å². The van der Waals surface area contributed by atoms with E-state index in [1.54, 1.807) is 43.3 Å². The van der Waals surface area contributed by atoms with Gasteiger partial charge in [0.25, 0.3) is 5.91 Å². The lowest BCUT2D eigenvalue weighted by atomic mass is 9.87. The van der Waals surface area contributed by atoms with Crippen molar-refractivity contribution in [3.8, 4) is 0 Å². The Morgan fingerprint density at radius 2 is 1.80 bits per heavy atom. The number of carbonyl (C=O) groups is 4. The van der Waals surface area contributed by atoms with E-state index in [0.29, 0.717) is 17.0 Å². The summed E-state index contributed by atoms with van der Waals surface area (Å²) >= 11 is 5.92. The molecule has 8 nitrogen and oxygen atoms in total. The molecule has 0 aromatic heterocycles. The van der Waals surface area contributed by atoms with Crippen LogP contribution in [0.2, 0.25) is 5.02 Å². The zero-order valence-electron chi connectivity index (χ0n) is 16.4. The Morgan fingerprint density at radius 3 is 2.43 bits per heavy atom. The molecule has 30 heavy (non-hydrogen) atoms. The topological polar surface area (TPSA) is 105 Å². The van der Waals surface area contributed by atoms with Gasteiger partial charge >= 0.3 is 12.0 Å². The fraction of sp³-hybridized carbons (Fsp3) is 0.238. The van der Waals surface area contributed by atoms with Crippen LogP contribution in [0.5, 0.6) is 0 Å². The number of anilines is 1. The SMILES string of the molecule is CC[C@]1(c2ccc(Cl)cc2)NC(=O)N(CC(=O)Nc2ccccc2C(=O)OC)C1=O. The average molecular weight is 430 g/mol. The van der Waals surface area contributed by atoms with Gasteiger partial charge in [-0.1, -0.05) is 42.8 Å². The fourth-order valence-corrected chi connectivity index (χ4v) is 3.48. The van der Waals surface area contributed by atoms with E-state index in [2.05, 4.69) is 10.6 Å². The molecule has 1 aliphatic heterocycles. The van der Waals surface area contributed by atoms with E-state index in [-0.39, 0.29) is 11.3 Å². The number of urea groups is 1. The van der Waals surface area contributed by atoms with Gasteiger partial charge in [-0.2, -0.15) is 0 Å². The monoisotopic (exact) mass is 429 g/mol. The maximum Gasteiger partial charge on any atom is 0.339 e. The number of benzene rings is 2. The number of esters is 1. The van der Waals surface area contributed by atoms with Gasteiger partial charge in [0.2, 0.25) is 5.91 Å². The number of halogens is 1. The number of hydrogen-bond donors (Lipinski definition) is 2. The maximum atomic E-state index is 13.1. The number of carbonyl (C=O) groups excluding carboxylic acids is 4. The first-order chi connectivity index (χ1) is 14.3. The highest BCUT2D eigenvalue weighted by atomic mass is 35.5. The second-order valence-corrected chi connectivity index (χ2v) is 7.11. The number of imide groups is 1. The predicted molar refractivity (Wildman–Crippen MR) is 110 cm³/mol. The Balaban J connectivity index is 1.80. The molecular formula is C21H20ClN3O5. The third-order valence-corrected chi connectivity index (χ3v) is 5.20. The van der Waals surface area contributed by atoms with E-state index in [0.717, 1.165) is 4.90 Å². The molecule has 1 fully saturated rings. The molecule has 4 amide bonds. The summed E-state index contributed by atoms with van der Waals surface area (Å²) in [5, 5.41) is 5.76. The van der Waals surface area contributed by atoms with Crippen LogP contribution in [0.15, 0.2) is 48.5 Å². The summed E-state index contributed by atoms with van der Waals surface area (Å²) in [6.07, 6.45) is 0.294. The Labute approximate surface area is 178 Å². The van der Waals surface area contributed by atoms with Crippen molar-refractivity contribution in [2.75, 3.05) is 19.0 Å². The molecule has 1 heterocycles. The molecule has 2 aromatic carbocycles. The van der Waals surface area contributed by atoms with Gasteiger partial charge in [-0.3, -0.25) is 14.5 Å². The van der Waals surface area contributed by atoms with Crippen molar-refractivity contribution in [2.45, 2.75) is 18.9 Å². The first-order valence-electron chi connectivity index (χ1n) is 9.19. The summed E-state index contributed by atoms with van der Waals surface area (Å²) in [5.74, 6) is -1.78. The number of ether oxygens (including phenoxy) is 1. The van der Waals surface area contributed by atoms with Crippen LogP contribution in [0.4, 0.5) is 10.5 Å². The van der Waals surface area contributed by atoms with Crippen molar-refractivity contribution in [3.63, 3.8) is 0 Å². The molecule has 0 spiro atoms. The van der Waals surface area contributed by atoms with Crippen molar-refractivity contribution in [3.05, 3.63) is 64.7 Å². The summed E-state index contributed by atoms with van der Waals surface area (Å²) in [7, 11) is 1.23. The summed E-state index contributed by atoms with van der Waals surface area (Å²) in [6, 6.07) is 12.2. The molecule has 3 rings (SSSR count). The number of nitrogens with zero attached hydrogens (tertiary/aromatic N) is 1. The van der Waals surface area contributed by atoms with Crippen molar-refractivity contribution in [1.29, 1.82) is 0 Å². The summed E-state index contributed by atoms with van der Waals surface area (Å²) in [6.45, 7) is 1.26. The molecule has 0 bridgehead atoms. The van der Waals surface area contributed by atoms with Gasteiger partial charge < -0.3 is 15.4 Å². The standard InChI is InChI=1S/C21H20ClN3O5/c1-3-21(13-8-10-14(22)11-9-13)19(28)25(20(29)24-21)12-17(26)23-16-7-5-4-6-15(16)18(27)30-2/h4-11H,3,12H2,1-2H3,(H,23,26)(H,24,29)/t21-/m1/s1. The third-order valence-electron chi connectivity index (χ3n) is 4.95. The normalized spacial score (nSPS) is 18.2. The van der Waals surface area contributed by atoms with Crippen LogP contribution in [-0.4, -0.2) is 42.4 Å². The molecule has 0 radical (unpaired) electrons. The summed E-state index contributed by atoms with van der Waals surface area (Å²) < 4.78 is 4.70. The molecule has 0 saturated carbocycles. The average Bonchev–Trinajstić information content (AvgIpc) is 2.99. The maximum absolute atomic E-state index is 13.1. The van der Waals surface area contributed by atoms with Gasteiger partial charge in [0, 0.05) is 5.02 Å². The Morgan fingerprint density at radius 1 is 1.13 bits per heavy atom. The van der Waals surface area contributed by atoms with Crippen molar-refractivity contribution in [1.82, 2.24) is 10.2 Å². The van der Waals surface area contributed by atoms with Crippen molar-refractivity contribution >= 4 is 41.1 Å². The number of para-hydroxylation sites is 1. The van der Waals surface area contributed by atoms with Crippen LogP contribution < -0.4 is 10.6 Å². The number of hydrogen-bond acceptors (Lipinski definition) is 5. The minimum atomic E-state index is -1.27. The fourth-order valence-electron chi connectivity index (χ4n) is 3.36. The minimum absolute atomic E-state index is 0.162. The van der Waals surface area contributed by atoms with E-state index in [4.69, 9.17) is 16.3 Å². The minimum Gasteiger partial charge on any atom is -0.465 e. The highest BCUT2D eigenvalue weighted by Crippen LogP contribution is 2.33. The molecule has 2 N–H and O–H groups in total. The van der Waals surface area contributed by atoms with E-state index in [1.165, 1.54) is 19.2 Å². The molecule has 156 valence electrons. The first-order valence-corrected chi connectivity index (χ1v) is 9.57. The summed E-state index contributed by atoms with van der Waals surface area (Å²) in [5.41, 5.74) is -0.312. The Kier molecular flexibility index (Phi) is 6.07. The zero-order valence-corrected chi connectivity index (χ0v) is 17.2. The van der Waals surface area contributed by atoms with Gasteiger partial charge in [-0.25, -0.2) is 9.59 Å². The highest BCUT2D eigenvalue weighted by Gasteiger charge is 2.51. The molecular weight excluding hydrogens is 410 g/mol. The van der Waals surface area contributed by atoms with Crippen molar-refractivity contribution in [2.24, 2.45) is 0 Å². The lowest BCUT2D eigenvalue weighted by Crippen LogP contribution is -2.44. The molecule has 0 aliphatic carbocycles. The van der Waals surface area contributed by atoms with Crippen LogP contribution in [-0.2, 0) is 19.9 Å². The molecule has 1 aliphatic rings. The lowest BCUT2D eigenvalue weighted by molar-refractivity contribution is -0.134. The van der Waals surface area contributed by atoms with Gasteiger partial charge in [0.05, 0.1) is 18.4 Å². The lowest BCUT2D eigenvalue weighted by Gasteiger charge is -2.25. The smallest absolute Gasteiger partial charge is 0.339 e. The third kappa shape index (κ3) is 3.86. The predicted octanol–water partition coefficient (Wildman–Crippen LogP) is 2.92. The van der Waals surface area contributed by atoms with Gasteiger partial charge in [-0.05, 0) is 36.2 Å². The quantitative estimate of drug-likeness (QED) is 0.542. The number of amides is 4. The molecule has 0 unspecified atom stereocenters. The van der Waals surface area contributed by atoms with Crippen LogP contribution in [0.1, 0.15) is 29.3 Å². The largest absolute Gasteiger partial charge is 0.465 e. The number of nitrogens with one attached hydrogen (secondary N) is 2. The first kappa shape index (κ1) is 21.3. The van der Waals surface area contributed by atoms with Crippen LogP contribution in [0.3, 0.4) is 0 Å².